The predicted octanol–water partition coefficient (Wildman–Crippen LogP) is 0.894. The number of carbonyl (C=O) groups is 1. The van der Waals surface area contributed by atoms with Gasteiger partial charge in [0.15, 0.2) is 0 Å². The molecule has 63 valence electrons. The highest BCUT2D eigenvalue weighted by Crippen LogP contribution is 2.15. The van der Waals surface area contributed by atoms with E-state index in [4.69, 9.17) is 0 Å². The summed E-state index contributed by atoms with van der Waals surface area (Å²) in [5, 5.41) is 9.25. The lowest BCUT2D eigenvalue weighted by molar-refractivity contribution is 0.0824. The number of phenolic OH excluding ortho intramolecular Hbond substituents is 1. The molecule has 0 saturated heterocycles. The van der Waals surface area contributed by atoms with E-state index in [9.17, 15) is 9.90 Å². The second kappa shape index (κ2) is 3.26. The molecule has 12 heavy (non-hydrogen) atoms. The summed E-state index contributed by atoms with van der Waals surface area (Å²) in [6.07, 6.45) is 0. The van der Waals surface area contributed by atoms with Gasteiger partial charge in [0.25, 0.3) is 5.91 Å². The Bertz CT molecular complexity index is 294. The van der Waals surface area contributed by atoms with Gasteiger partial charge in [-0.3, -0.25) is 4.79 Å². The van der Waals surface area contributed by atoms with E-state index in [-0.39, 0.29) is 11.7 Å². The van der Waals surface area contributed by atoms with E-state index in [2.05, 4.69) is 6.07 Å². The summed E-state index contributed by atoms with van der Waals surface area (Å²) in [6, 6.07) is 7.18. The Hall–Kier alpha value is -1.51. The second-order valence-corrected chi connectivity index (χ2v) is 2.64. The summed E-state index contributed by atoms with van der Waals surface area (Å²) >= 11 is 0. The van der Waals surface area contributed by atoms with Gasteiger partial charge in [0, 0.05) is 14.1 Å². The van der Waals surface area contributed by atoms with E-state index in [0.29, 0.717) is 5.56 Å². The summed E-state index contributed by atoms with van der Waals surface area (Å²) in [5.74, 6) is -0.238. The molecule has 0 bridgehead atoms. The normalized spacial score (nSPS) is 9.50. The summed E-state index contributed by atoms with van der Waals surface area (Å²) < 4.78 is 0. The lowest BCUT2D eigenvalue weighted by atomic mass is 10.2. The number of hydrogen-bond donors (Lipinski definition) is 1. The molecule has 0 aliphatic heterocycles. The first-order chi connectivity index (χ1) is 5.63. The largest absolute Gasteiger partial charge is 0.507 e. The SMILES string of the molecule is CN(C)C(=O)c1cc[c]cc1O. The Balaban J connectivity index is 3.03. The molecule has 0 aliphatic carbocycles. The number of phenols is 1. The second-order valence-electron chi connectivity index (χ2n) is 2.64. The van der Waals surface area contributed by atoms with E-state index < -0.39 is 0 Å². The van der Waals surface area contributed by atoms with Crippen molar-refractivity contribution in [1.82, 2.24) is 4.90 Å². The number of carbonyl (C=O) groups excluding carboxylic acids is 1. The molecule has 0 atom stereocenters. The molecule has 0 aliphatic rings. The van der Waals surface area contributed by atoms with Crippen LogP contribution in [0, 0.1) is 6.07 Å². The minimum Gasteiger partial charge on any atom is -0.507 e. The van der Waals surface area contributed by atoms with Gasteiger partial charge >= 0.3 is 0 Å². The summed E-state index contributed by atoms with van der Waals surface area (Å²) in [5.41, 5.74) is 0.304. The van der Waals surface area contributed by atoms with Crippen molar-refractivity contribution >= 4 is 5.91 Å². The van der Waals surface area contributed by atoms with E-state index in [1.807, 2.05) is 0 Å². The van der Waals surface area contributed by atoms with Gasteiger partial charge in [0.1, 0.15) is 5.75 Å². The highest BCUT2D eigenvalue weighted by atomic mass is 16.3. The van der Waals surface area contributed by atoms with Crippen LogP contribution in [0.15, 0.2) is 18.2 Å². The number of benzene rings is 1. The zero-order valence-electron chi connectivity index (χ0n) is 7.03. The summed E-state index contributed by atoms with van der Waals surface area (Å²) in [4.78, 5) is 12.7. The molecular formula is C9H10NO2. The molecule has 1 N–H and O–H groups in total. The Morgan fingerprint density at radius 2 is 2.25 bits per heavy atom. The highest BCUT2D eigenvalue weighted by Gasteiger charge is 2.10. The smallest absolute Gasteiger partial charge is 0.257 e. The Morgan fingerprint density at radius 3 is 2.75 bits per heavy atom. The van der Waals surface area contributed by atoms with Crippen LogP contribution in [0.1, 0.15) is 10.4 Å². The predicted molar refractivity (Wildman–Crippen MR) is 45.0 cm³/mol. The van der Waals surface area contributed by atoms with Crippen molar-refractivity contribution in [2.45, 2.75) is 0 Å². The minimum absolute atomic E-state index is 0.0313. The zero-order chi connectivity index (χ0) is 9.14. The third-order valence-electron chi connectivity index (χ3n) is 1.48. The number of hydrogen-bond acceptors (Lipinski definition) is 2. The fraction of sp³-hybridized carbons (Fsp3) is 0.222. The molecule has 1 aromatic rings. The van der Waals surface area contributed by atoms with Gasteiger partial charge in [-0.05, 0) is 18.2 Å². The molecule has 1 amide bonds. The van der Waals surface area contributed by atoms with Gasteiger partial charge in [0.2, 0.25) is 0 Å². The Morgan fingerprint density at radius 1 is 1.58 bits per heavy atom. The van der Waals surface area contributed by atoms with Gasteiger partial charge in [0.05, 0.1) is 5.56 Å². The first kappa shape index (κ1) is 8.59. The molecule has 1 rings (SSSR count). The monoisotopic (exact) mass is 164 g/mol. The lowest BCUT2D eigenvalue weighted by Gasteiger charge is -2.10. The van der Waals surface area contributed by atoms with E-state index in [0.717, 1.165) is 0 Å². The fourth-order valence-corrected chi connectivity index (χ4v) is 0.843. The standard InChI is InChI=1S/C9H10NO2/c1-10(2)9(12)7-5-3-4-6-8(7)11/h3,5-6,11H,1-2H3. The van der Waals surface area contributed by atoms with Crippen LogP contribution in [0.25, 0.3) is 0 Å². The molecule has 0 aromatic heterocycles. The Kier molecular flexibility index (Phi) is 2.33. The molecule has 1 radical (unpaired) electrons. The van der Waals surface area contributed by atoms with Crippen molar-refractivity contribution in [3.63, 3.8) is 0 Å². The summed E-state index contributed by atoms with van der Waals surface area (Å²) in [7, 11) is 3.27. The van der Waals surface area contributed by atoms with Crippen molar-refractivity contribution in [2.24, 2.45) is 0 Å². The van der Waals surface area contributed by atoms with Gasteiger partial charge < -0.3 is 10.0 Å². The third-order valence-corrected chi connectivity index (χ3v) is 1.48. The maximum absolute atomic E-state index is 11.3. The quantitative estimate of drug-likeness (QED) is 0.669. The van der Waals surface area contributed by atoms with Gasteiger partial charge in [-0.15, -0.1) is 0 Å². The molecule has 3 heteroatoms. The molecule has 0 unspecified atom stereocenters. The molecule has 0 heterocycles. The third kappa shape index (κ3) is 1.56. The van der Waals surface area contributed by atoms with E-state index in [1.165, 1.54) is 17.0 Å². The summed E-state index contributed by atoms with van der Waals surface area (Å²) in [6.45, 7) is 0. The van der Waals surface area contributed by atoms with Crippen LogP contribution in [0.2, 0.25) is 0 Å². The minimum atomic E-state index is -0.207. The maximum atomic E-state index is 11.3. The van der Waals surface area contributed by atoms with Gasteiger partial charge in [-0.25, -0.2) is 0 Å². The van der Waals surface area contributed by atoms with Crippen LogP contribution in [0.4, 0.5) is 0 Å². The van der Waals surface area contributed by atoms with Gasteiger partial charge in [-0.1, -0.05) is 6.07 Å². The van der Waals surface area contributed by atoms with E-state index >= 15 is 0 Å². The zero-order valence-corrected chi connectivity index (χ0v) is 7.03. The first-order valence-electron chi connectivity index (χ1n) is 3.53. The van der Waals surface area contributed by atoms with Crippen LogP contribution in [-0.2, 0) is 0 Å². The lowest BCUT2D eigenvalue weighted by Crippen LogP contribution is -2.21. The molecule has 1 aromatic carbocycles. The first-order valence-corrected chi connectivity index (χ1v) is 3.53. The van der Waals surface area contributed by atoms with Gasteiger partial charge in [-0.2, -0.15) is 0 Å². The van der Waals surface area contributed by atoms with Crippen molar-refractivity contribution in [3.05, 3.63) is 29.8 Å². The maximum Gasteiger partial charge on any atom is 0.257 e. The number of nitrogens with zero attached hydrogens (tertiary/aromatic N) is 1. The highest BCUT2D eigenvalue weighted by molar-refractivity contribution is 5.96. The molecular weight excluding hydrogens is 154 g/mol. The topological polar surface area (TPSA) is 40.5 Å². The van der Waals surface area contributed by atoms with Crippen LogP contribution in [-0.4, -0.2) is 30.0 Å². The number of amides is 1. The van der Waals surface area contributed by atoms with Crippen LogP contribution < -0.4 is 0 Å². The Labute approximate surface area is 71.2 Å². The van der Waals surface area contributed by atoms with Crippen molar-refractivity contribution in [1.29, 1.82) is 0 Å². The average molecular weight is 164 g/mol. The molecule has 0 fully saturated rings. The van der Waals surface area contributed by atoms with E-state index in [1.54, 1.807) is 20.2 Å². The van der Waals surface area contributed by atoms with Crippen molar-refractivity contribution in [2.75, 3.05) is 14.1 Å². The van der Waals surface area contributed by atoms with Crippen LogP contribution >= 0.6 is 0 Å². The molecule has 0 spiro atoms. The van der Waals surface area contributed by atoms with Crippen molar-refractivity contribution in [3.8, 4) is 5.75 Å². The number of rotatable bonds is 1. The van der Waals surface area contributed by atoms with Crippen LogP contribution in [0.5, 0.6) is 5.75 Å². The number of aromatic hydroxyl groups is 1. The molecule has 0 saturated carbocycles. The molecule has 3 nitrogen and oxygen atoms in total. The average Bonchev–Trinajstić information content (AvgIpc) is 2.04. The fourth-order valence-electron chi connectivity index (χ4n) is 0.843. The van der Waals surface area contributed by atoms with Crippen molar-refractivity contribution < 1.29 is 9.90 Å². The van der Waals surface area contributed by atoms with Crippen LogP contribution in [0.3, 0.4) is 0 Å².